The maximum Gasteiger partial charge on any atom is 0.259 e. The van der Waals surface area contributed by atoms with Crippen LogP contribution in [-0.4, -0.2) is 34.3 Å². The molecule has 1 atom stereocenters. The largest absolute Gasteiger partial charge is 0.364 e. The van der Waals surface area contributed by atoms with Crippen molar-refractivity contribution >= 4 is 28.5 Å². The zero-order valence-corrected chi connectivity index (χ0v) is 19.1. The third kappa shape index (κ3) is 4.00. The fraction of sp³-hybridized carbons (Fsp3) is 0.192. The Hall–Kier alpha value is -4.47. The van der Waals surface area contributed by atoms with Crippen LogP contribution in [0.2, 0.25) is 0 Å². The van der Waals surface area contributed by atoms with Crippen LogP contribution >= 0.6 is 0 Å². The van der Waals surface area contributed by atoms with Gasteiger partial charge in [-0.15, -0.1) is 5.10 Å². The number of nitrogens with zero attached hydrogens (tertiary/aromatic N) is 6. The number of halogens is 2. The highest BCUT2D eigenvalue weighted by Crippen LogP contribution is 2.38. The zero-order valence-electron chi connectivity index (χ0n) is 19.1. The van der Waals surface area contributed by atoms with Crippen LogP contribution in [0.3, 0.4) is 0 Å². The lowest BCUT2D eigenvalue weighted by Gasteiger charge is -2.27. The van der Waals surface area contributed by atoms with Crippen LogP contribution in [0.15, 0.2) is 82.4 Å². The smallest absolute Gasteiger partial charge is 0.259 e. The topological polar surface area (TPSA) is 86.7 Å². The number of carbonyl (C=O) groups is 1. The summed E-state index contributed by atoms with van der Waals surface area (Å²) in [4.78, 5) is 15.2. The molecule has 1 saturated heterocycles. The molecular formula is C26H21F2N7O. The van der Waals surface area contributed by atoms with Crippen LogP contribution < -0.4 is 10.2 Å². The summed E-state index contributed by atoms with van der Waals surface area (Å²) in [6, 6.07) is 14.4. The van der Waals surface area contributed by atoms with E-state index in [1.54, 1.807) is 16.8 Å². The van der Waals surface area contributed by atoms with E-state index < -0.39 is 11.6 Å². The number of benzene rings is 2. The van der Waals surface area contributed by atoms with Gasteiger partial charge >= 0.3 is 0 Å². The van der Waals surface area contributed by atoms with Crippen molar-refractivity contribution in [2.75, 3.05) is 23.3 Å². The van der Waals surface area contributed by atoms with E-state index in [2.05, 4.69) is 30.8 Å². The molecule has 1 N–H and O–H groups in total. The summed E-state index contributed by atoms with van der Waals surface area (Å²) < 4.78 is 30.0. The lowest BCUT2D eigenvalue weighted by atomic mass is 10.0. The first-order valence-corrected chi connectivity index (χ1v) is 11.6. The van der Waals surface area contributed by atoms with Crippen LogP contribution in [-0.2, 0) is 0 Å². The van der Waals surface area contributed by atoms with Gasteiger partial charge in [-0.05, 0) is 60.5 Å². The lowest BCUT2D eigenvalue weighted by Crippen LogP contribution is -2.23. The number of hydrogen-bond donors (Lipinski definition) is 1. The van der Waals surface area contributed by atoms with Crippen LogP contribution in [0, 0.1) is 11.6 Å². The molecule has 6 rings (SSSR count). The first kappa shape index (κ1) is 22.0. The number of anilines is 2. The number of fused-ring (bicyclic) bond motifs is 1. The van der Waals surface area contributed by atoms with Gasteiger partial charge in [-0.25, -0.2) is 13.3 Å². The Bertz CT molecular complexity index is 1540. The molecule has 36 heavy (non-hydrogen) atoms. The summed E-state index contributed by atoms with van der Waals surface area (Å²) >= 11 is 0. The molecule has 2 aliphatic heterocycles. The molecule has 8 nitrogen and oxygen atoms in total. The molecule has 10 heteroatoms. The average molecular weight is 485 g/mol. The second-order valence-corrected chi connectivity index (χ2v) is 8.76. The van der Waals surface area contributed by atoms with E-state index in [1.165, 1.54) is 18.3 Å². The minimum Gasteiger partial charge on any atom is -0.364 e. The normalized spacial score (nSPS) is 17.1. The van der Waals surface area contributed by atoms with E-state index >= 15 is 0 Å². The van der Waals surface area contributed by atoms with Gasteiger partial charge in [0.15, 0.2) is 0 Å². The Balaban J connectivity index is 1.29. The van der Waals surface area contributed by atoms with E-state index in [-0.39, 0.29) is 11.9 Å². The molecule has 2 aromatic carbocycles. The molecule has 1 fully saturated rings. The zero-order chi connectivity index (χ0) is 24.6. The van der Waals surface area contributed by atoms with Crippen molar-refractivity contribution in [3.63, 3.8) is 0 Å². The Morgan fingerprint density at radius 1 is 1.08 bits per heavy atom. The number of amides is 1. The van der Waals surface area contributed by atoms with Gasteiger partial charge in [-0.1, -0.05) is 12.1 Å². The van der Waals surface area contributed by atoms with Crippen LogP contribution in [0.1, 0.15) is 40.4 Å². The minimum absolute atomic E-state index is 0.289. The summed E-state index contributed by atoms with van der Waals surface area (Å²) in [5.74, 6) is -1.19. The minimum atomic E-state index is -0.462. The highest BCUT2D eigenvalue weighted by atomic mass is 19.1. The second kappa shape index (κ2) is 8.95. The summed E-state index contributed by atoms with van der Waals surface area (Å²) in [5, 5.41) is 18.8. The van der Waals surface area contributed by atoms with Gasteiger partial charge in [-0.3, -0.25) is 4.79 Å². The number of pyridine rings is 1. The van der Waals surface area contributed by atoms with Crippen molar-refractivity contribution in [3.8, 4) is 0 Å². The van der Waals surface area contributed by atoms with E-state index in [1.807, 2.05) is 30.3 Å². The molecule has 2 aliphatic rings. The van der Waals surface area contributed by atoms with Crippen LogP contribution in [0.4, 0.5) is 20.2 Å². The Labute approximate surface area is 205 Å². The van der Waals surface area contributed by atoms with Crippen LogP contribution in [0.5, 0.6) is 0 Å². The van der Waals surface area contributed by atoms with Crippen molar-refractivity contribution in [2.24, 2.45) is 15.4 Å². The maximum absolute atomic E-state index is 14.5. The second-order valence-electron chi connectivity index (χ2n) is 8.76. The third-order valence-corrected chi connectivity index (χ3v) is 6.55. The van der Waals surface area contributed by atoms with Gasteiger partial charge in [0.2, 0.25) is 0 Å². The molecular weight excluding hydrogens is 464 g/mol. The van der Waals surface area contributed by atoms with Gasteiger partial charge in [0.25, 0.3) is 5.91 Å². The molecule has 4 heterocycles. The molecule has 0 radical (unpaired) electrons. The van der Waals surface area contributed by atoms with Gasteiger partial charge in [0.05, 0.1) is 29.0 Å². The molecule has 1 amide bonds. The van der Waals surface area contributed by atoms with Crippen molar-refractivity contribution in [3.05, 3.63) is 95.3 Å². The standard InChI is InChI=1S/C26H21F2N7O/c27-17-6-7-22(28)20(12-17)24-5-2-9-34(24)19-8-10-35-25(13-19)21(14-30-35)26(36)31-18-4-1-3-16(11-18)23-15-29-33-32-23/h1,3-4,6-8,10-14,24H,2,5,9,15H2,(H,31,36)/t24-/m1/s1. The maximum atomic E-state index is 14.5. The molecule has 0 aliphatic carbocycles. The SMILES string of the molecule is O=C(Nc1cccc(C2=NN=NC2)c1)c1cnn2ccc(N3CCC[C@@H]3c3cc(F)ccc3F)cc12. The Morgan fingerprint density at radius 3 is 2.86 bits per heavy atom. The molecule has 2 aromatic heterocycles. The predicted octanol–water partition coefficient (Wildman–Crippen LogP) is 5.38. The monoisotopic (exact) mass is 485 g/mol. The molecule has 0 unspecified atom stereocenters. The van der Waals surface area contributed by atoms with Crippen molar-refractivity contribution in [2.45, 2.75) is 18.9 Å². The number of aromatic nitrogens is 2. The van der Waals surface area contributed by atoms with E-state index in [0.29, 0.717) is 41.8 Å². The average Bonchev–Trinajstić information content (AvgIpc) is 3.66. The number of hydrogen-bond acceptors (Lipinski definition) is 6. The van der Waals surface area contributed by atoms with Crippen molar-refractivity contribution in [1.82, 2.24) is 9.61 Å². The highest BCUT2D eigenvalue weighted by molar-refractivity contribution is 6.10. The van der Waals surface area contributed by atoms with Gasteiger partial charge in [-0.2, -0.15) is 10.2 Å². The molecule has 4 aromatic rings. The Morgan fingerprint density at radius 2 is 2.00 bits per heavy atom. The summed E-state index contributed by atoms with van der Waals surface area (Å²) in [5.41, 5.74) is 4.36. The molecule has 0 bridgehead atoms. The fourth-order valence-corrected chi connectivity index (χ4v) is 4.83. The van der Waals surface area contributed by atoms with E-state index in [0.717, 1.165) is 29.4 Å². The molecule has 180 valence electrons. The van der Waals surface area contributed by atoms with Gasteiger partial charge in [0, 0.05) is 35.2 Å². The predicted molar refractivity (Wildman–Crippen MR) is 132 cm³/mol. The van der Waals surface area contributed by atoms with Gasteiger partial charge in [0.1, 0.15) is 18.2 Å². The third-order valence-electron chi connectivity index (χ3n) is 6.55. The van der Waals surface area contributed by atoms with Crippen molar-refractivity contribution in [1.29, 1.82) is 0 Å². The summed E-state index contributed by atoms with van der Waals surface area (Å²) in [6.07, 6.45) is 4.84. The number of carbonyl (C=O) groups excluding carboxylic acids is 1. The Kier molecular flexibility index (Phi) is 5.48. The summed E-state index contributed by atoms with van der Waals surface area (Å²) in [6.45, 7) is 1.10. The van der Waals surface area contributed by atoms with Crippen LogP contribution in [0.25, 0.3) is 5.52 Å². The molecule has 0 saturated carbocycles. The first-order chi connectivity index (χ1) is 17.6. The summed E-state index contributed by atoms with van der Waals surface area (Å²) in [7, 11) is 0. The quantitative estimate of drug-likeness (QED) is 0.412. The van der Waals surface area contributed by atoms with Gasteiger partial charge < -0.3 is 10.2 Å². The first-order valence-electron chi connectivity index (χ1n) is 11.6. The fourth-order valence-electron chi connectivity index (χ4n) is 4.83. The highest BCUT2D eigenvalue weighted by Gasteiger charge is 2.29. The lowest BCUT2D eigenvalue weighted by molar-refractivity contribution is 0.102. The number of rotatable bonds is 5. The van der Waals surface area contributed by atoms with E-state index in [4.69, 9.17) is 0 Å². The molecule has 0 spiro atoms. The van der Waals surface area contributed by atoms with E-state index in [9.17, 15) is 13.6 Å². The van der Waals surface area contributed by atoms with Crippen molar-refractivity contribution < 1.29 is 13.6 Å². The number of nitrogens with one attached hydrogen (secondary N) is 1.